The first-order valence-corrected chi connectivity index (χ1v) is 11.3. The van der Waals surface area contributed by atoms with Gasteiger partial charge in [0.2, 0.25) is 0 Å². The van der Waals surface area contributed by atoms with Crippen molar-refractivity contribution < 1.29 is 24.1 Å². The maximum absolute atomic E-state index is 11.2. The first kappa shape index (κ1) is 26.0. The van der Waals surface area contributed by atoms with Crippen LogP contribution in [-0.2, 0) is 19.0 Å². The molecular formula is C27H38O5. The highest BCUT2D eigenvalue weighted by atomic mass is 16.7. The molecule has 0 aliphatic carbocycles. The molecule has 176 valence electrons. The topological polar surface area (TPSA) is 65.0 Å². The highest BCUT2D eigenvalue weighted by Gasteiger charge is 2.36. The van der Waals surface area contributed by atoms with E-state index in [9.17, 15) is 9.90 Å². The third kappa shape index (κ3) is 8.05. The molecule has 1 fully saturated rings. The molecule has 0 aromatic heterocycles. The van der Waals surface area contributed by atoms with Gasteiger partial charge in [-0.05, 0) is 19.4 Å². The highest BCUT2D eigenvalue weighted by molar-refractivity contribution is 5.82. The van der Waals surface area contributed by atoms with Gasteiger partial charge in [0.1, 0.15) is 0 Å². The Balaban J connectivity index is 1.99. The first-order chi connectivity index (χ1) is 15.1. The molecule has 1 aromatic carbocycles. The lowest BCUT2D eigenvalue weighted by Gasteiger charge is -2.41. The second-order valence-electron chi connectivity index (χ2n) is 9.01. The zero-order chi connectivity index (χ0) is 23.7. The summed E-state index contributed by atoms with van der Waals surface area (Å²) in [6.45, 7) is 10.0. The second-order valence-corrected chi connectivity index (χ2v) is 9.01. The van der Waals surface area contributed by atoms with Crippen LogP contribution in [0.4, 0.5) is 0 Å². The number of aliphatic hydroxyl groups excluding tert-OH is 1. The van der Waals surface area contributed by atoms with Gasteiger partial charge in [-0.25, -0.2) is 4.79 Å². The fraction of sp³-hybridized carbons (Fsp3) is 0.519. The molecule has 1 saturated heterocycles. The zero-order valence-corrected chi connectivity index (χ0v) is 20.1. The van der Waals surface area contributed by atoms with Gasteiger partial charge in [0.25, 0.3) is 0 Å². The smallest absolute Gasteiger partial charge is 0.330 e. The number of carbonyl (C=O) groups is 1. The number of allylic oxidation sites excluding steroid dienone is 2. The minimum absolute atomic E-state index is 0.0148. The third-order valence-corrected chi connectivity index (χ3v) is 5.89. The van der Waals surface area contributed by atoms with Crippen molar-refractivity contribution in [2.45, 2.75) is 71.1 Å². The van der Waals surface area contributed by atoms with E-state index in [1.807, 2.05) is 69.3 Å². The van der Waals surface area contributed by atoms with Gasteiger partial charge in [-0.15, -0.1) is 0 Å². The van der Waals surface area contributed by atoms with Crippen LogP contribution >= 0.6 is 0 Å². The number of benzene rings is 1. The fourth-order valence-electron chi connectivity index (χ4n) is 3.91. The van der Waals surface area contributed by atoms with Gasteiger partial charge in [-0.1, -0.05) is 81.5 Å². The maximum atomic E-state index is 11.2. The van der Waals surface area contributed by atoms with Crippen LogP contribution in [0.2, 0.25) is 0 Å². The van der Waals surface area contributed by atoms with Crippen molar-refractivity contribution in [2.24, 2.45) is 11.8 Å². The minimum Gasteiger partial charge on any atom is -0.466 e. The van der Waals surface area contributed by atoms with Crippen LogP contribution in [0.5, 0.6) is 0 Å². The fourth-order valence-corrected chi connectivity index (χ4v) is 3.91. The number of carbonyl (C=O) groups excluding carboxylic acids is 1. The Morgan fingerprint density at radius 3 is 2.47 bits per heavy atom. The van der Waals surface area contributed by atoms with Gasteiger partial charge < -0.3 is 19.3 Å². The van der Waals surface area contributed by atoms with Crippen molar-refractivity contribution in [3.8, 4) is 0 Å². The van der Waals surface area contributed by atoms with Gasteiger partial charge in [-0.2, -0.15) is 0 Å². The summed E-state index contributed by atoms with van der Waals surface area (Å²) < 4.78 is 16.8. The largest absolute Gasteiger partial charge is 0.466 e. The van der Waals surface area contributed by atoms with Crippen molar-refractivity contribution in [1.29, 1.82) is 0 Å². The van der Waals surface area contributed by atoms with Crippen molar-refractivity contribution in [3.63, 3.8) is 0 Å². The van der Waals surface area contributed by atoms with E-state index in [4.69, 9.17) is 9.47 Å². The SMILES string of the molecule is COC(=O)/C=C\C=C\[C@@H](C)[C@@H]1C[C@H](/C=C\[C@H](C)[C@H](O)[C@@H](C)c2ccccc2)OC(C)(C)O1. The number of methoxy groups -OCH3 is 1. The van der Waals surface area contributed by atoms with E-state index in [1.165, 1.54) is 13.2 Å². The molecule has 32 heavy (non-hydrogen) atoms. The van der Waals surface area contributed by atoms with E-state index in [0.29, 0.717) is 6.42 Å². The summed E-state index contributed by atoms with van der Waals surface area (Å²) in [5, 5.41) is 10.8. The molecule has 1 aromatic rings. The van der Waals surface area contributed by atoms with E-state index in [0.717, 1.165) is 5.56 Å². The van der Waals surface area contributed by atoms with Crippen LogP contribution < -0.4 is 0 Å². The Labute approximate surface area is 192 Å². The molecule has 1 aliphatic rings. The standard InChI is InChI=1S/C27H38O5/c1-19(12-10-11-15-25(28)30-6)24-18-23(31-27(4,5)32-24)17-16-20(2)26(29)21(3)22-13-8-7-9-14-22/h7-17,19-21,23-24,26,29H,18H2,1-6H3/b12-10+,15-11-,17-16-/t19-,20+,21+,23+,24+,26+/m1/s1. The normalized spacial score (nSPS) is 25.1. The summed E-state index contributed by atoms with van der Waals surface area (Å²) in [7, 11) is 1.35. The molecule has 1 heterocycles. The lowest BCUT2D eigenvalue weighted by atomic mass is 9.87. The maximum Gasteiger partial charge on any atom is 0.330 e. The Morgan fingerprint density at radius 1 is 1.12 bits per heavy atom. The van der Waals surface area contributed by atoms with Gasteiger partial charge in [0.15, 0.2) is 5.79 Å². The van der Waals surface area contributed by atoms with Crippen LogP contribution in [0.15, 0.2) is 66.8 Å². The molecule has 1 N–H and O–H groups in total. The molecular weight excluding hydrogens is 404 g/mol. The van der Waals surface area contributed by atoms with E-state index in [-0.39, 0.29) is 35.9 Å². The van der Waals surface area contributed by atoms with Gasteiger partial charge in [0.05, 0.1) is 25.4 Å². The first-order valence-electron chi connectivity index (χ1n) is 11.3. The van der Waals surface area contributed by atoms with Crippen LogP contribution in [0.25, 0.3) is 0 Å². The van der Waals surface area contributed by atoms with Gasteiger partial charge >= 0.3 is 5.97 Å². The predicted molar refractivity (Wildman–Crippen MR) is 127 cm³/mol. The van der Waals surface area contributed by atoms with Crippen molar-refractivity contribution in [2.75, 3.05) is 7.11 Å². The molecule has 0 radical (unpaired) electrons. The third-order valence-electron chi connectivity index (χ3n) is 5.89. The number of hydrogen-bond acceptors (Lipinski definition) is 5. The molecule has 0 amide bonds. The average Bonchev–Trinajstić information content (AvgIpc) is 2.78. The summed E-state index contributed by atoms with van der Waals surface area (Å²) in [4.78, 5) is 11.2. The molecule has 2 rings (SSSR count). The molecule has 0 unspecified atom stereocenters. The molecule has 0 spiro atoms. The van der Waals surface area contributed by atoms with Crippen molar-refractivity contribution >= 4 is 5.97 Å². The minimum atomic E-state index is -0.707. The number of hydrogen-bond donors (Lipinski definition) is 1. The monoisotopic (exact) mass is 442 g/mol. The highest BCUT2D eigenvalue weighted by Crippen LogP contribution is 2.32. The summed E-state index contributed by atoms with van der Waals surface area (Å²) >= 11 is 0. The van der Waals surface area contributed by atoms with Crippen LogP contribution in [-0.4, -0.2) is 42.3 Å². The van der Waals surface area contributed by atoms with Crippen LogP contribution in [0, 0.1) is 11.8 Å². The molecule has 6 atom stereocenters. The van der Waals surface area contributed by atoms with Crippen LogP contribution in [0.3, 0.4) is 0 Å². The van der Waals surface area contributed by atoms with E-state index < -0.39 is 11.9 Å². The number of rotatable bonds is 9. The summed E-state index contributed by atoms with van der Waals surface area (Å²) in [5.41, 5.74) is 1.13. The lowest BCUT2D eigenvalue weighted by Crippen LogP contribution is -2.46. The number of esters is 1. The lowest BCUT2D eigenvalue weighted by molar-refractivity contribution is -0.295. The second kappa shape index (κ2) is 12.1. The predicted octanol–water partition coefficient (Wildman–Crippen LogP) is 5.18. The van der Waals surface area contributed by atoms with E-state index in [2.05, 4.69) is 24.7 Å². The van der Waals surface area contributed by atoms with E-state index >= 15 is 0 Å². The zero-order valence-electron chi connectivity index (χ0n) is 20.1. The Bertz CT molecular complexity index is 796. The summed E-state index contributed by atoms with van der Waals surface area (Å²) in [5.74, 6) is -0.926. The van der Waals surface area contributed by atoms with Gasteiger partial charge in [0, 0.05) is 30.3 Å². The Morgan fingerprint density at radius 2 is 1.81 bits per heavy atom. The molecule has 0 bridgehead atoms. The molecule has 1 aliphatic heterocycles. The van der Waals surface area contributed by atoms with Crippen LogP contribution in [0.1, 0.15) is 52.5 Å². The number of ether oxygens (including phenoxy) is 3. The van der Waals surface area contributed by atoms with Crippen molar-refractivity contribution in [3.05, 3.63) is 72.4 Å². The molecule has 5 nitrogen and oxygen atoms in total. The number of aliphatic hydroxyl groups is 1. The Kier molecular flexibility index (Phi) is 9.88. The van der Waals surface area contributed by atoms with Crippen molar-refractivity contribution in [1.82, 2.24) is 0 Å². The summed E-state index contributed by atoms with van der Waals surface area (Å²) in [6, 6.07) is 10.1. The quantitative estimate of drug-likeness (QED) is 0.247. The van der Waals surface area contributed by atoms with E-state index in [1.54, 1.807) is 6.08 Å². The van der Waals surface area contributed by atoms with Gasteiger partial charge in [-0.3, -0.25) is 0 Å². The summed E-state index contributed by atoms with van der Waals surface area (Å²) in [6.07, 6.45) is 11.1. The molecule has 0 saturated carbocycles. The Hall–Kier alpha value is -2.21. The molecule has 5 heteroatoms. The average molecular weight is 443 g/mol.